The summed E-state index contributed by atoms with van der Waals surface area (Å²) in [4.78, 5) is 0. The molecule has 1 rings (SSSR count). The van der Waals surface area contributed by atoms with Crippen molar-refractivity contribution >= 4 is 0 Å². The summed E-state index contributed by atoms with van der Waals surface area (Å²) in [6.07, 6.45) is 1.10. The first-order valence-corrected chi connectivity index (χ1v) is 7.35. The molecule has 0 bridgehead atoms. The first kappa shape index (κ1) is 16.3. The fourth-order valence-corrected chi connectivity index (χ4v) is 1.82. The first-order chi connectivity index (χ1) is 8.99. The van der Waals surface area contributed by atoms with E-state index in [9.17, 15) is 0 Å². The SMILES string of the molecule is Cc1oc(COCCC(C)C)cc1CNCC(C)C. The maximum atomic E-state index is 5.71. The van der Waals surface area contributed by atoms with Gasteiger partial charge in [0.1, 0.15) is 18.1 Å². The standard InChI is InChI=1S/C16H29NO2/c1-12(2)6-7-18-11-16-8-15(14(5)19-16)10-17-9-13(3)4/h8,12-13,17H,6-7,9-11H2,1-5H3. The molecule has 1 aromatic heterocycles. The van der Waals surface area contributed by atoms with Crippen molar-refractivity contribution in [1.82, 2.24) is 5.32 Å². The lowest BCUT2D eigenvalue weighted by Gasteiger charge is -2.05. The summed E-state index contributed by atoms with van der Waals surface area (Å²) >= 11 is 0. The molecule has 1 heterocycles. The van der Waals surface area contributed by atoms with Gasteiger partial charge in [-0.3, -0.25) is 0 Å². The fourth-order valence-electron chi connectivity index (χ4n) is 1.82. The minimum absolute atomic E-state index is 0.581. The molecule has 0 aromatic carbocycles. The van der Waals surface area contributed by atoms with Crippen LogP contribution in [0, 0.1) is 18.8 Å². The molecule has 0 spiro atoms. The predicted molar refractivity (Wildman–Crippen MR) is 79.1 cm³/mol. The van der Waals surface area contributed by atoms with Crippen molar-refractivity contribution < 1.29 is 9.15 Å². The second kappa shape index (κ2) is 8.39. The topological polar surface area (TPSA) is 34.4 Å². The minimum Gasteiger partial charge on any atom is -0.464 e. The van der Waals surface area contributed by atoms with Crippen LogP contribution >= 0.6 is 0 Å². The van der Waals surface area contributed by atoms with Crippen LogP contribution in [0.4, 0.5) is 0 Å². The summed E-state index contributed by atoms with van der Waals surface area (Å²) in [5, 5.41) is 3.44. The fraction of sp³-hybridized carbons (Fsp3) is 0.750. The van der Waals surface area contributed by atoms with E-state index in [0.717, 1.165) is 37.6 Å². The Morgan fingerprint density at radius 2 is 1.95 bits per heavy atom. The third-order valence-electron chi connectivity index (χ3n) is 3.02. The van der Waals surface area contributed by atoms with Crippen LogP contribution in [0.25, 0.3) is 0 Å². The highest BCUT2D eigenvalue weighted by Gasteiger charge is 2.07. The van der Waals surface area contributed by atoms with Crippen molar-refractivity contribution in [3.8, 4) is 0 Å². The molecule has 0 saturated heterocycles. The van der Waals surface area contributed by atoms with E-state index in [0.29, 0.717) is 18.4 Å². The van der Waals surface area contributed by atoms with Crippen molar-refractivity contribution in [2.75, 3.05) is 13.2 Å². The van der Waals surface area contributed by atoms with Gasteiger partial charge in [-0.25, -0.2) is 0 Å². The normalized spacial score (nSPS) is 11.7. The molecule has 0 fully saturated rings. The van der Waals surface area contributed by atoms with Gasteiger partial charge < -0.3 is 14.5 Å². The Balaban J connectivity index is 2.32. The molecule has 0 aliphatic heterocycles. The molecule has 0 amide bonds. The summed E-state index contributed by atoms with van der Waals surface area (Å²) in [7, 11) is 0. The molecule has 0 saturated carbocycles. The van der Waals surface area contributed by atoms with E-state index in [-0.39, 0.29) is 0 Å². The first-order valence-electron chi connectivity index (χ1n) is 7.35. The Morgan fingerprint density at radius 3 is 2.58 bits per heavy atom. The number of hydrogen-bond acceptors (Lipinski definition) is 3. The smallest absolute Gasteiger partial charge is 0.130 e. The van der Waals surface area contributed by atoms with Crippen LogP contribution in [0.5, 0.6) is 0 Å². The van der Waals surface area contributed by atoms with Crippen molar-refractivity contribution in [3.05, 3.63) is 23.2 Å². The van der Waals surface area contributed by atoms with E-state index < -0.39 is 0 Å². The lowest BCUT2D eigenvalue weighted by molar-refractivity contribution is 0.0964. The molecule has 110 valence electrons. The zero-order valence-corrected chi connectivity index (χ0v) is 13.1. The highest BCUT2D eigenvalue weighted by atomic mass is 16.5. The third kappa shape index (κ3) is 6.79. The number of rotatable bonds is 9. The molecule has 3 nitrogen and oxygen atoms in total. The average molecular weight is 267 g/mol. The van der Waals surface area contributed by atoms with Crippen molar-refractivity contribution in [3.63, 3.8) is 0 Å². The maximum absolute atomic E-state index is 5.71. The Bertz CT molecular complexity index is 356. The second-order valence-corrected chi connectivity index (χ2v) is 6.05. The van der Waals surface area contributed by atoms with Crippen molar-refractivity contribution in [1.29, 1.82) is 0 Å². The summed E-state index contributed by atoms with van der Waals surface area (Å²) in [6, 6.07) is 2.11. The van der Waals surface area contributed by atoms with Gasteiger partial charge in [0.2, 0.25) is 0 Å². The van der Waals surface area contributed by atoms with E-state index in [2.05, 4.69) is 39.1 Å². The van der Waals surface area contributed by atoms with Crippen LogP contribution in [0.15, 0.2) is 10.5 Å². The molecular weight excluding hydrogens is 238 g/mol. The Kier molecular flexibility index (Phi) is 7.17. The number of hydrogen-bond donors (Lipinski definition) is 1. The van der Waals surface area contributed by atoms with E-state index >= 15 is 0 Å². The van der Waals surface area contributed by atoms with Crippen molar-refractivity contribution in [2.45, 2.75) is 54.2 Å². The van der Waals surface area contributed by atoms with Crippen molar-refractivity contribution in [2.24, 2.45) is 11.8 Å². The number of furan rings is 1. The van der Waals surface area contributed by atoms with Gasteiger partial charge in [0.05, 0.1) is 0 Å². The summed E-state index contributed by atoms with van der Waals surface area (Å²) in [5.41, 5.74) is 1.24. The molecule has 0 aliphatic rings. The maximum Gasteiger partial charge on any atom is 0.130 e. The van der Waals surface area contributed by atoms with E-state index in [1.54, 1.807) is 0 Å². The quantitative estimate of drug-likeness (QED) is 0.689. The van der Waals surface area contributed by atoms with Gasteiger partial charge in [0, 0.05) is 18.7 Å². The number of ether oxygens (including phenoxy) is 1. The molecule has 19 heavy (non-hydrogen) atoms. The molecular formula is C16H29NO2. The van der Waals surface area contributed by atoms with E-state index in [1.165, 1.54) is 5.56 Å². The monoisotopic (exact) mass is 267 g/mol. The second-order valence-electron chi connectivity index (χ2n) is 6.05. The summed E-state index contributed by atoms with van der Waals surface area (Å²) in [6.45, 7) is 14.1. The minimum atomic E-state index is 0.581. The zero-order chi connectivity index (χ0) is 14.3. The third-order valence-corrected chi connectivity index (χ3v) is 3.02. The Labute approximate surface area is 117 Å². The highest BCUT2D eigenvalue weighted by molar-refractivity contribution is 5.20. The molecule has 0 radical (unpaired) electrons. The number of nitrogens with one attached hydrogen (secondary N) is 1. The molecule has 1 aromatic rings. The van der Waals surface area contributed by atoms with Gasteiger partial charge in [0.25, 0.3) is 0 Å². The lowest BCUT2D eigenvalue weighted by atomic mass is 10.1. The van der Waals surface area contributed by atoms with E-state index in [4.69, 9.17) is 9.15 Å². The van der Waals surface area contributed by atoms with Crippen LogP contribution in [0.3, 0.4) is 0 Å². The molecule has 0 atom stereocenters. The largest absolute Gasteiger partial charge is 0.464 e. The molecule has 0 aliphatic carbocycles. The van der Waals surface area contributed by atoms with Gasteiger partial charge in [-0.2, -0.15) is 0 Å². The van der Waals surface area contributed by atoms with Gasteiger partial charge in [0.15, 0.2) is 0 Å². The van der Waals surface area contributed by atoms with Crippen LogP contribution in [0.1, 0.15) is 51.2 Å². The summed E-state index contributed by atoms with van der Waals surface area (Å²) < 4.78 is 11.3. The Morgan fingerprint density at radius 1 is 1.21 bits per heavy atom. The van der Waals surface area contributed by atoms with Gasteiger partial charge in [-0.05, 0) is 37.8 Å². The van der Waals surface area contributed by atoms with Crippen LogP contribution in [-0.2, 0) is 17.9 Å². The summed E-state index contributed by atoms with van der Waals surface area (Å²) in [5.74, 6) is 3.29. The predicted octanol–water partition coefficient (Wildman–Crippen LogP) is 3.90. The Hall–Kier alpha value is -0.800. The van der Waals surface area contributed by atoms with E-state index in [1.807, 2.05) is 6.92 Å². The number of aryl methyl sites for hydroxylation is 1. The zero-order valence-electron chi connectivity index (χ0n) is 13.1. The van der Waals surface area contributed by atoms with Gasteiger partial charge >= 0.3 is 0 Å². The van der Waals surface area contributed by atoms with Gasteiger partial charge in [-0.1, -0.05) is 27.7 Å². The average Bonchev–Trinajstić information content (AvgIpc) is 2.65. The van der Waals surface area contributed by atoms with Gasteiger partial charge in [-0.15, -0.1) is 0 Å². The van der Waals surface area contributed by atoms with Crippen LogP contribution in [-0.4, -0.2) is 13.2 Å². The van der Waals surface area contributed by atoms with Crippen LogP contribution in [0.2, 0.25) is 0 Å². The molecule has 3 heteroatoms. The molecule has 0 unspecified atom stereocenters. The lowest BCUT2D eigenvalue weighted by Crippen LogP contribution is -2.18. The van der Waals surface area contributed by atoms with Crippen LogP contribution < -0.4 is 5.32 Å². The highest BCUT2D eigenvalue weighted by Crippen LogP contribution is 2.15. The molecule has 1 N–H and O–H groups in total.